The van der Waals surface area contributed by atoms with E-state index in [9.17, 15) is 14.0 Å². The van der Waals surface area contributed by atoms with Crippen molar-refractivity contribution in [3.8, 4) is 5.75 Å². The zero-order valence-corrected chi connectivity index (χ0v) is 18.3. The molecule has 0 aliphatic carbocycles. The fourth-order valence-corrected chi connectivity index (χ4v) is 4.35. The fraction of sp³-hybridized carbons (Fsp3) is 0.308. The highest BCUT2D eigenvalue weighted by Gasteiger charge is 2.30. The highest BCUT2D eigenvalue weighted by atomic mass is 19.1. The van der Waals surface area contributed by atoms with E-state index in [1.54, 1.807) is 30.2 Å². The van der Waals surface area contributed by atoms with Gasteiger partial charge in [0.25, 0.3) is 5.91 Å². The monoisotopic (exact) mass is 434 g/mol. The van der Waals surface area contributed by atoms with Crippen molar-refractivity contribution in [3.05, 3.63) is 77.6 Å². The summed E-state index contributed by atoms with van der Waals surface area (Å²) in [6.07, 6.45) is 1.50. The molecule has 0 spiro atoms. The number of nitrogens with one attached hydrogen (secondary N) is 1. The third-order valence-electron chi connectivity index (χ3n) is 6.14. The van der Waals surface area contributed by atoms with Crippen LogP contribution < -0.4 is 10.1 Å². The van der Waals surface area contributed by atoms with Gasteiger partial charge in [-0.25, -0.2) is 4.39 Å². The molecule has 1 N–H and O–H groups in total. The van der Waals surface area contributed by atoms with Crippen LogP contribution in [0, 0.1) is 11.7 Å². The molecule has 1 heterocycles. The molecule has 1 saturated heterocycles. The van der Waals surface area contributed by atoms with E-state index in [2.05, 4.69) is 5.32 Å². The van der Waals surface area contributed by atoms with Gasteiger partial charge in [0, 0.05) is 24.0 Å². The number of benzene rings is 3. The van der Waals surface area contributed by atoms with Gasteiger partial charge in [0.05, 0.1) is 19.1 Å². The molecule has 0 radical (unpaired) electrons. The van der Waals surface area contributed by atoms with Gasteiger partial charge in [-0.05, 0) is 55.0 Å². The number of carbonyl (C=O) groups excluding carboxylic acids is 2. The number of hydrogen-bond acceptors (Lipinski definition) is 3. The SMILES string of the molecule is COc1ccc(C(=O)N2CCC[C@@H](C(=O)N[C@@H](C)c3ccc(F)cc3)C2)c2ccccc12. The van der Waals surface area contributed by atoms with Crippen LogP contribution in [0.5, 0.6) is 5.75 Å². The number of carbonyl (C=O) groups is 2. The Balaban J connectivity index is 1.48. The van der Waals surface area contributed by atoms with Crippen LogP contribution in [0.25, 0.3) is 10.8 Å². The maximum Gasteiger partial charge on any atom is 0.254 e. The fourth-order valence-electron chi connectivity index (χ4n) is 4.35. The lowest BCUT2D eigenvalue weighted by atomic mass is 9.95. The number of rotatable bonds is 5. The Kier molecular flexibility index (Phi) is 6.40. The Morgan fingerprint density at radius 2 is 1.78 bits per heavy atom. The molecule has 6 heteroatoms. The van der Waals surface area contributed by atoms with Crippen LogP contribution in [-0.4, -0.2) is 36.9 Å². The van der Waals surface area contributed by atoms with Crippen molar-refractivity contribution in [1.29, 1.82) is 0 Å². The molecule has 3 aromatic rings. The van der Waals surface area contributed by atoms with Crippen LogP contribution in [0.1, 0.15) is 41.7 Å². The first-order chi connectivity index (χ1) is 15.5. The van der Waals surface area contributed by atoms with E-state index in [0.29, 0.717) is 18.7 Å². The van der Waals surface area contributed by atoms with Gasteiger partial charge in [0.2, 0.25) is 5.91 Å². The van der Waals surface area contributed by atoms with Crippen LogP contribution >= 0.6 is 0 Å². The Morgan fingerprint density at radius 1 is 1.06 bits per heavy atom. The molecule has 2 atom stereocenters. The summed E-state index contributed by atoms with van der Waals surface area (Å²) in [5, 5.41) is 4.74. The summed E-state index contributed by atoms with van der Waals surface area (Å²) in [7, 11) is 1.62. The Labute approximate surface area is 187 Å². The van der Waals surface area contributed by atoms with Crippen LogP contribution in [-0.2, 0) is 4.79 Å². The average molecular weight is 435 g/mol. The zero-order chi connectivity index (χ0) is 22.7. The van der Waals surface area contributed by atoms with Crippen LogP contribution in [0.2, 0.25) is 0 Å². The molecule has 0 saturated carbocycles. The Hall–Kier alpha value is -3.41. The number of ether oxygens (including phenoxy) is 1. The van der Waals surface area contributed by atoms with Crippen LogP contribution in [0.4, 0.5) is 4.39 Å². The number of amides is 2. The average Bonchev–Trinajstić information content (AvgIpc) is 2.83. The topological polar surface area (TPSA) is 58.6 Å². The first-order valence-electron chi connectivity index (χ1n) is 10.9. The molecule has 166 valence electrons. The van der Waals surface area contributed by atoms with E-state index in [0.717, 1.165) is 34.9 Å². The molecular weight excluding hydrogens is 407 g/mol. The highest BCUT2D eigenvalue weighted by molar-refractivity contribution is 6.08. The van der Waals surface area contributed by atoms with Crippen LogP contribution in [0.15, 0.2) is 60.7 Å². The maximum atomic E-state index is 13.4. The minimum atomic E-state index is -0.306. The first-order valence-corrected chi connectivity index (χ1v) is 10.9. The summed E-state index contributed by atoms with van der Waals surface area (Å²) in [4.78, 5) is 28.1. The summed E-state index contributed by atoms with van der Waals surface area (Å²) < 4.78 is 18.6. The highest BCUT2D eigenvalue weighted by Crippen LogP contribution is 2.30. The van der Waals surface area contributed by atoms with E-state index in [-0.39, 0.29) is 29.6 Å². The van der Waals surface area contributed by atoms with Gasteiger partial charge in [-0.3, -0.25) is 9.59 Å². The van der Waals surface area contributed by atoms with Gasteiger partial charge in [-0.1, -0.05) is 36.4 Å². The number of nitrogens with zero attached hydrogens (tertiary/aromatic N) is 1. The van der Waals surface area contributed by atoms with Gasteiger partial charge in [0.15, 0.2) is 0 Å². The van der Waals surface area contributed by atoms with E-state index < -0.39 is 0 Å². The molecule has 4 rings (SSSR count). The summed E-state index contributed by atoms with van der Waals surface area (Å²) >= 11 is 0. The minimum Gasteiger partial charge on any atom is -0.496 e. The van der Waals surface area contributed by atoms with Gasteiger partial charge >= 0.3 is 0 Å². The smallest absolute Gasteiger partial charge is 0.254 e. The van der Waals surface area contributed by atoms with E-state index in [1.165, 1.54) is 12.1 Å². The molecule has 0 bridgehead atoms. The molecule has 5 nitrogen and oxygen atoms in total. The number of piperidine rings is 1. The third-order valence-corrected chi connectivity index (χ3v) is 6.14. The second-order valence-corrected chi connectivity index (χ2v) is 8.23. The van der Waals surface area contributed by atoms with Gasteiger partial charge in [-0.2, -0.15) is 0 Å². The lowest BCUT2D eigenvalue weighted by Gasteiger charge is -2.33. The van der Waals surface area contributed by atoms with Gasteiger partial charge < -0.3 is 15.0 Å². The summed E-state index contributed by atoms with van der Waals surface area (Å²) in [6.45, 7) is 2.87. The van der Waals surface area contributed by atoms with E-state index in [1.807, 2.05) is 37.3 Å². The number of fused-ring (bicyclic) bond motifs is 1. The molecule has 1 aliphatic rings. The molecule has 1 fully saturated rings. The Morgan fingerprint density at radius 3 is 2.50 bits per heavy atom. The zero-order valence-electron chi connectivity index (χ0n) is 18.3. The number of hydrogen-bond donors (Lipinski definition) is 1. The Bertz CT molecular complexity index is 1130. The van der Waals surface area contributed by atoms with Crippen LogP contribution in [0.3, 0.4) is 0 Å². The quantitative estimate of drug-likeness (QED) is 0.632. The number of methoxy groups -OCH3 is 1. The lowest BCUT2D eigenvalue weighted by Crippen LogP contribution is -2.45. The third kappa shape index (κ3) is 4.44. The predicted octanol–water partition coefficient (Wildman–Crippen LogP) is 4.72. The minimum absolute atomic E-state index is 0.0760. The normalized spacial score (nSPS) is 17.1. The largest absolute Gasteiger partial charge is 0.496 e. The van der Waals surface area contributed by atoms with Crippen molar-refractivity contribution < 1.29 is 18.7 Å². The second kappa shape index (κ2) is 9.39. The number of likely N-dealkylation sites (tertiary alicyclic amines) is 1. The van der Waals surface area contributed by atoms with Crippen molar-refractivity contribution >= 4 is 22.6 Å². The first kappa shape index (κ1) is 21.8. The van der Waals surface area contributed by atoms with Gasteiger partial charge in [-0.15, -0.1) is 0 Å². The molecule has 32 heavy (non-hydrogen) atoms. The van der Waals surface area contributed by atoms with Crippen molar-refractivity contribution in [2.24, 2.45) is 5.92 Å². The summed E-state index contributed by atoms with van der Waals surface area (Å²) in [5.41, 5.74) is 1.45. The maximum absolute atomic E-state index is 13.4. The van der Waals surface area contributed by atoms with E-state index in [4.69, 9.17) is 4.74 Å². The lowest BCUT2D eigenvalue weighted by molar-refractivity contribution is -0.127. The number of halogens is 1. The van der Waals surface area contributed by atoms with Crippen molar-refractivity contribution in [2.45, 2.75) is 25.8 Å². The second-order valence-electron chi connectivity index (χ2n) is 8.23. The van der Waals surface area contributed by atoms with Gasteiger partial charge in [0.1, 0.15) is 11.6 Å². The van der Waals surface area contributed by atoms with Crippen molar-refractivity contribution in [1.82, 2.24) is 10.2 Å². The van der Waals surface area contributed by atoms with Crippen molar-refractivity contribution in [2.75, 3.05) is 20.2 Å². The molecule has 2 amide bonds. The molecule has 1 aliphatic heterocycles. The molecule has 0 aromatic heterocycles. The summed E-state index contributed by atoms with van der Waals surface area (Å²) in [6, 6.07) is 17.2. The van der Waals surface area contributed by atoms with E-state index >= 15 is 0 Å². The molecule has 3 aromatic carbocycles. The standard InChI is InChI=1S/C26H27FN2O3/c1-17(18-9-11-20(27)12-10-18)28-25(30)19-6-5-15-29(16-19)26(31)23-13-14-24(32-2)22-8-4-3-7-21(22)23/h3-4,7-14,17,19H,5-6,15-16H2,1-2H3,(H,28,30)/t17-,19+/m0/s1. The molecular formula is C26H27FN2O3. The predicted molar refractivity (Wildman–Crippen MR) is 122 cm³/mol. The summed E-state index contributed by atoms with van der Waals surface area (Å²) in [5.74, 6) is -0.0189. The molecule has 0 unspecified atom stereocenters. The van der Waals surface area contributed by atoms with Crippen molar-refractivity contribution in [3.63, 3.8) is 0 Å².